The third kappa shape index (κ3) is 7.13. The molecule has 0 radical (unpaired) electrons. The van der Waals surface area contributed by atoms with Crippen molar-refractivity contribution in [1.82, 2.24) is 20.6 Å². The Morgan fingerprint density at radius 3 is 1.70 bits per heavy atom. The lowest BCUT2D eigenvalue weighted by Crippen LogP contribution is -2.52. The predicted molar refractivity (Wildman–Crippen MR) is 170 cm³/mol. The molecular weight excluding hydrogens is 607 g/mol. The van der Waals surface area contributed by atoms with E-state index in [2.05, 4.69) is 20.6 Å². The number of nitrogens with zero attached hydrogens (tertiary/aromatic N) is 2. The molecule has 0 aliphatic heterocycles. The number of carboxylic acid groups (broad SMARTS) is 1. The SMILES string of the molecule is COc1nc(-c2cccc(-c3cccc(-c4ccc(CNC(C)(CO)C(=O)O)c(OC)n4)c3Cl)c2Cl)ccc1CNCCO. The largest absolute Gasteiger partial charge is 0.481 e. The van der Waals surface area contributed by atoms with E-state index in [4.69, 9.17) is 37.8 Å². The molecule has 0 saturated carbocycles. The minimum atomic E-state index is -1.52. The van der Waals surface area contributed by atoms with Crippen molar-refractivity contribution in [3.05, 3.63) is 81.8 Å². The van der Waals surface area contributed by atoms with E-state index < -0.39 is 18.1 Å². The maximum atomic E-state index is 11.6. The number of rotatable bonds is 14. The minimum absolute atomic E-state index is 0.0337. The molecule has 0 saturated heterocycles. The molecule has 232 valence electrons. The summed E-state index contributed by atoms with van der Waals surface area (Å²) in [5.41, 5.74) is 3.86. The smallest absolute Gasteiger partial charge is 0.326 e. The molecule has 12 heteroatoms. The van der Waals surface area contributed by atoms with Gasteiger partial charge in [-0.3, -0.25) is 10.1 Å². The van der Waals surface area contributed by atoms with Gasteiger partial charge in [-0.05, 0) is 19.1 Å². The number of nitrogens with one attached hydrogen (secondary N) is 2. The molecule has 2 heterocycles. The van der Waals surface area contributed by atoms with Gasteiger partial charge in [0, 0.05) is 53.0 Å². The van der Waals surface area contributed by atoms with Gasteiger partial charge in [0.1, 0.15) is 5.54 Å². The molecular formula is C32H34Cl2N4O6. The second-order valence-corrected chi connectivity index (χ2v) is 10.9. The van der Waals surface area contributed by atoms with E-state index in [-0.39, 0.29) is 19.0 Å². The van der Waals surface area contributed by atoms with Crippen molar-refractivity contribution < 1.29 is 29.6 Å². The lowest BCUT2D eigenvalue weighted by atomic mass is 9.98. The molecule has 0 spiro atoms. The number of hydrogen-bond acceptors (Lipinski definition) is 9. The highest BCUT2D eigenvalue weighted by Crippen LogP contribution is 2.42. The predicted octanol–water partition coefficient (Wildman–Crippen LogP) is 4.81. The first-order chi connectivity index (χ1) is 21.2. The topological polar surface area (TPSA) is 146 Å². The quantitative estimate of drug-likeness (QED) is 0.122. The standard InChI is InChI=1S/C32H34Cl2N4O6/c1-32(18-40,31(41)42)36-17-20-11-13-26(38-30(20)44-3)24-9-5-7-22(28(24)34)21-6-4-8-23(27(21)33)25-12-10-19(16-35-14-15-39)29(37-25)43-2/h4-13,35-36,39-40H,14-18H2,1-3H3,(H,41,42). The van der Waals surface area contributed by atoms with E-state index in [9.17, 15) is 15.0 Å². The fourth-order valence-electron chi connectivity index (χ4n) is 4.53. The van der Waals surface area contributed by atoms with Gasteiger partial charge in [-0.25, -0.2) is 9.97 Å². The van der Waals surface area contributed by atoms with E-state index in [1.54, 1.807) is 19.2 Å². The third-order valence-corrected chi connectivity index (χ3v) is 7.98. The Labute approximate surface area is 265 Å². The van der Waals surface area contributed by atoms with Crippen LogP contribution in [0.25, 0.3) is 33.6 Å². The minimum Gasteiger partial charge on any atom is -0.481 e. The van der Waals surface area contributed by atoms with Crippen LogP contribution in [0.15, 0.2) is 60.7 Å². The highest BCUT2D eigenvalue weighted by Gasteiger charge is 2.32. The van der Waals surface area contributed by atoms with Gasteiger partial charge >= 0.3 is 5.97 Å². The molecule has 1 unspecified atom stereocenters. The second kappa shape index (κ2) is 14.8. The molecule has 5 N–H and O–H groups in total. The van der Waals surface area contributed by atoms with Gasteiger partial charge in [-0.2, -0.15) is 0 Å². The fraction of sp³-hybridized carbons (Fsp3) is 0.281. The zero-order valence-corrected chi connectivity index (χ0v) is 26.0. The lowest BCUT2D eigenvalue weighted by molar-refractivity contribution is -0.145. The van der Waals surface area contributed by atoms with E-state index in [0.717, 1.165) is 5.56 Å². The van der Waals surface area contributed by atoms with E-state index in [0.29, 0.717) is 68.2 Å². The first-order valence-electron chi connectivity index (χ1n) is 13.7. The maximum Gasteiger partial charge on any atom is 0.326 e. The summed E-state index contributed by atoms with van der Waals surface area (Å²) in [5, 5.41) is 34.9. The van der Waals surface area contributed by atoms with Crippen LogP contribution in [0.3, 0.4) is 0 Å². The second-order valence-electron chi connectivity index (χ2n) is 10.1. The number of aliphatic carboxylic acids is 1. The van der Waals surface area contributed by atoms with Crippen LogP contribution in [-0.4, -0.2) is 70.8 Å². The summed E-state index contributed by atoms with van der Waals surface area (Å²) in [7, 11) is 3.03. The zero-order valence-electron chi connectivity index (χ0n) is 24.5. The number of hydrogen-bond donors (Lipinski definition) is 5. The first-order valence-corrected chi connectivity index (χ1v) is 14.5. The number of aromatic nitrogens is 2. The molecule has 0 aliphatic rings. The molecule has 2 aromatic carbocycles. The molecule has 0 amide bonds. The van der Waals surface area contributed by atoms with Crippen LogP contribution < -0.4 is 20.1 Å². The van der Waals surface area contributed by atoms with Crippen molar-refractivity contribution in [2.75, 3.05) is 34.0 Å². The van der Waals surface area contributed by atoms with Crippen molar-refractivity contribution in [2.24, 2.45) is 0 Å². The molecule has 0 fully saturated rings. The molecule has 4 rings (SSSR count). The third-order valence-electron chi connectivity index (χ3n) is 7.17. The summed E-state index contributed by atoms with van der Waals surface area (Å²) in [6.45, 7) is 1.91. The Morgan fingerprint density at radius 1 is 0.795 bits per heavy atom. The van der Waals surface area contributed by atoms with Crippen molar-refractivity contribution >= 4 is 29.2 Å². The van der Waals surface area contributed by atoms with E-state index in [1.165, 1.54) is 14.0 Å². The Balaban J connectivity index is 1.67. The van der Waals surface area contributed by atoms with E-state index >= 15 is 0 Å². The van der Waals surface area contributed by atoms with Gasteiger partial charge in [0.15, 0.2) is 0 Å². The number of methoxy groups -OCH3 is 2. The summed E-state index contributed by atoms with van der Waals surface area (Å²) in [5.74, 6) is -0.428. The number of aliphatic hydroxyl groups is 2. The van der Waals surface area contributed by atoms with Gasteiger partial charge in [0.25, 0.3) is 0 Å². The van der Waals surface area contributed by atoms with Gasteiger partial charge in [-0.15, -0.1) is 0 Å². The number of benzene rings is 2. The average Bonchev–Trinajstić information content (AvgIpc) is 3.04. The number of ether oxygens (including phenoxy) is 2. The zero-order chi connectivity index (χ0) is 31.9. The average molecular weight is 642 g/mol. The van der Waals surface area contributed by atoms with Crippen LogP contribution in [-0.2, 0) is 17.9 Å². The Morgan fingerprint density at radius 2 is 1.27 bits per heavy atom. The summed E-state index contributed by atoms with van der Waals surface area (Å²) < 4.78 is 11.0. The van der Waals surface area contributed by atoms with Crippen LogP contribution >= 0.6 is 23.2 Å². The number of pyridine rings is 2. The van der Waals surface area contributed by atoms with Crippen LogP contribution in [0.5, 0.6) is 11.8 Å². The molecule has 44 heavy (non-hydrogen) atoms. The van der Waals surface area contributed by atoms with Crippen LogP contribution in [0.4, 0.5) is 0 Å². The molecule has 2 aromatic heterocycles. The number of aliphatic hydroxyl groups excluding tert-OH is 2. The Bertz CT molecular complexity index is 1640. The molecule has 0 aliphatic carbocycles. The van der Waals surface area contributed by atoms with Gasteiger partial charge < -0.3 is 30.1 Å². The van der Waals surface area contributed by atoms with Gasteiger partial charge in [0.05, 0.1) is 48.9 Å². The van der Waals surface area contributed by atoms with Crippen molar-refractivity contribution in [2.45, 2.75) is 25.6 Å². The fourth-order valence-corrected chi connectivity index (χ4v) is 5.18. The maximum absolute atomic E-state index is 11.6. The normalized spacial score (nSPS) is 12.5. The summed E-state index contributed by atoms with van der Waals surface area (Å²) in [4.78, 5) is 20.9. The highest BCUT2D eigenvalue weighted by molar-refractivity contribution is 6.39. The lowest BCUT2D eigenvalue weighted by Gasteiger charge is -2.24. The summed E-state index contributed by atoms with van der Waals surface area (Å²) in [6.07, 6.45) is 0. The summed E-state index contributed by atoms with van der Waals surface area (Å²) in [6, 6.07) is 18.5. The monoisotopic (exact) mass is 640 g/mol. The van der Waals surface area contributed by atoms with Crippen LogP contribution in [0, 0.1) is 0 Å². The van der Waals surface area contributed by atoms with Crippen molar-refractivity contribution in [3.63, 3.8) is 0 Å². The van der Waals surface area contributed by atoms with Crippen LogP contribution in [0.2, 0.25) is 10.0 Å². The first kappa shape index (κ1) is 33.1. The van der Waals surface area contributed by atoms with Gasteiger partial charge in [-0.1, -0.05) is 71.7 Å². The van der Waals surface area contributed by atoms with Gasteiger partial charge in [0.2, 0.25) is 11.8 Å². The van der Waals surface area contributed by atoms with E-state index in [1.807, 2.05) is 48.5 Å². The summed E-state index contributed by atoms with van der Waals surface area (Å²) >= 11 is 14.0. The molecule has 0 bridgehead atoms. The van der Waals surface area contributed by atoms with Crippen LogP contribution in [0.1, 0.15) is 18.1 Å². The Hall–Kier alpha value is -3.77. The Kier molecular flexibility index (Phi) is 11.1. The molecule has 1 atom stereocenters. The molecule has 10 nitrogen and oxygen atoms in total. The number of carbonyl (C=O) groups is 1. The number of carboxylic acids is 1. The van der Waals surface area contributed by atoms with Crippen molar-refractivity contribution in [1.29, 1.82) is 0 Å². The van der Waals surface area contributed by atoms with Crippen molar-refractivity contribution in [3.8, 4) is 45.4 Å². The highest BCUT2D eigenvalue weighted by atomic mass is 35.5. The molecule has 4 aromatic rings. The number of halogens is 2.